The first kappa shape index (κ1) is 15.2. The highest BCUT2D eigenvalue weighted by Crippen LogP contribution is 2.28. The summed E-state index contributed by atoms with van der Waals surface area (Å²) >= 11 is 0. The lowest BCUT2D eigenvalue weighted by molar-refractivity contribution is -0.155. The lowest BCUT2D eigenvalue weighted by Gasteiger charge is -2.22. The molecule has 0 aromatic heterocycles. The Balaban J connectivity index is 4.19. The van der Waals surface area contributed by atoms with Gasteiger partial charge in [-0.1, -0.05) is 6.58 Å². The molecule has 17 heavy (non-hydrogen) atoms. The summed E-state index contributed by atoms with van der Waals surface area (Å²) in [7, 11) is 0. The number of carboxylic acid groups (broad SMARTS) is 2. The zero-order chi connectivity index (χ0) is 13.5. The summed E-state index contributed by atoms with van der Waals surface area (Å²) in [5.74, 6) is -2.92. The Kier molecular flexibility index (Phi) is 5.95. The molecule has 0 aliphatic carbocycles. The van der Waals surface area contributed by atoms with E-state index in [9.17, 15) is 14.4 Å². The van der Waals surface area contributed by atoms with Crippen LogP contribution in [0.5, 0.6) is 0 Å². The maximum atomic E-state index is 11.0. The topological polar surface area (TPSA) is 101 Å². The Hall–Kier alpha value is -1.85. The van der Waals surface area contributed by atoms with Crippen molar-refractivity contribution in [2.45, 2.75) is 26.2 Å². The Labute approximate surface area is 98.9 Å². The van der Waals surface area contributed by atoms with Crippen LogP contribution in [0.3, 0.4) is 0 Å². The zero-order valence-corrected chi connectivity index (χ0v) is 9.64. The molecule has 1 atom stereocenters. The average Bonchev–Trinajstić information content (AvgIpc) is 2.22. The van der Waals surface area contributed by atoms with Crippen LogP contribution in [0, 0.1) is 5.41 Å². The molecular weight excluding hydrogens is 228 g/mol. The van der Waals surface area contributed by atoms with E-state index in [2.05, 4.69) is 11.3 Å². The van der Waals surface area contributed by atoms with E-state index in [1.165, 1.54) is 6.92 Å². The summed E-state index contributed by atoms with van der Waals surface area (Å²) in [4.78, 5) is 32.2. The van der Waals surface area contributed by atoms with Crippen molar-refractivity contribution in [2.24, 2.45) is 5.41 Å². The third-order valence-electron chi connectivity index (χ3n) is 2.34. The first-order valence-corrected chi connectivity index (χ1v) is 5.06. The first-order valence-electron chi connectivity index (χ1n) is 5.06. The normalized spacial score (nSPS) is 13.5. The fraction of sp³-hybridized carbons (Fsp3) is 0.545. The smallest absolute Gasteiger partial charge is 0.330 e. The molecule has 96 valence electrons. The van der Waals surface area contributed by atoms with Crippen molar-refractivity contribution in [3.63, 3.8) is 0 Å². The van der Waals surface area contributed by atoms with E-state index in [-0.39, 0.29) is 19.4 Å². The molecule has 0 aliphatic heterocycles. The highest BCUT2D eigenvalue weighted by molar-refractivity contribution is 5.81. The summed E-state index contributed by atoms with van der Waals surface area (Å²) in [5, 5.41) is 17.6. The molecule has 6 nitrogen and oxygen atoms in total. The van der Waals surface area contributed by atoms with Gasteiger partial charge in [-0.3, -0.25) is 9.59 Å². The predicted octanol–water partition coefficient (Wildman–Crippen LogP) is 1.06. The summed E-state index contributed by atoms with van der Waals surface area (Å²) in [6.07, 6.45) is 0.958. The van der Waals surface area contributed by atoms with Gasteiger partial charge in [0.2, 0.25) is 0 Å². The molecule has 0 rings (SSSR count). The lowest BCUT2D eigenvalue weighted by atomic mass is 9.82. The van der Waals surface area contributed by atoms with Crippen molar-refractivity contribution in [3.8, 4) is 0 Å². The van der Waals surface area contributed by atoms with Crippen LogP contribution in [0.1, 0.15) is 26.2 Å². The van der Waals surface area contributed by atoms with Gasteiger partial charge in [0.25, 0.3) is 0 Å². The van der Waals surface area contributed by atoms with Crippen LogP contribution in [-0.2, 0) is 19.1 Å². The van der Waals surface area contributed by atoms with Crippen LogP contribution in [0.2, 0.25) is 0 Å². The molecule has 0 aliphatic rings. The largest absolute Gasteiger partial charge is 0.481 e. The molecule has 0 saturated heterocycles. The van der Waals surface area contributed by atoms with E-state index >= 15 is 0 Å². The quantitative estimate of drug-likeness (QED) is 0.376. The summed E-state index contributed by atoms with van der Waals surface area (Å²) in [6.45, 7) is 4.62. The highest BCUT2D eigenvalue weighted by atomic mass is 16.5. The van der Waals surface area contributed by atoms with Crippen molar-refractivity contribution >= 4 is 17.9 Å². The Morgan fingerprint density at radius 3 is 2.35 bits per heavy atom. The van der Waals surface area contributed by atoms with Gasteiger partial charge in [0.15, 0.2) is 0 Å². The maximum Gasteiger partial charge on any atom is 0.330 e. The number of aliphatic carboxylic acids is 2. The average molecular weight is 244 g/mol. The molecule has 0 fully saturated rings. The van der Waals surface area contributed by atoms with Crippen molar-refractivity contribution in [1.82, 2.24) is 0 Å². The standard InChI is InChI=1S/C11H16O6/c1-3-9(14)17-6-4-5-11(2,10(15)16)7-8(12)13/h3H,1,4-7H2,2H3,(H,12,13)(H,15,16). The molecule has 0 aromatic carbocycles. The third kappa shape index (κ3) is 5.70. The Morgan fingerprint density at radius 2 is 1.94 bits per heavy atom. The van der Waals surface area contributed by atoms with Gasteiger partial charge in [-0.15, -0.1) is 0 Å². The molecule has 0 saturated carbocycles. The van der Waals surface area contributed by atoms with Crippen LogP contribution < -0.4 is 0 Å². The summed E-state index contributed by atoms with van der Waals surface area (Å²) in [5.41, 5.74) is -1.34. The minimum absolute atomic E-state index is 0.0490. The molecule has 0 aromatic rings. The van der Waals surface area contributed by atoms with Crippen LogP contribution >= 0.6 is 0 Å². The van der Waals surface area contributed by atoms with E-state index in [4.69, 9.17) is 10.2 Å². The molecule has 0 amide bonds. The minimum Gasteiger partial charge on any atom is -0.481 e. The molecule has 1 unspecified atom stereocenters. The van der Waals surface area contributed by atoms with Crippen molar-refractivity contribution < 1.29 is 29.3 Å². The van der Waals surface area contributed by atoms with Crippen LogP contribution in [0.15, 0.2) is 12.7 Å². The number of esters is 1. The van der Waals surface area contributed by atoms with Gasteiger partial charge in [0, 0.05) is 6.08 Å². The lowest BCUT2D eigenvalue weighted by Crippen LogP contribution is -2.30. The minimum atomic E-state index is -1.34. The van der Waals surface area contributed by atoms with E-state index in [1.807, 2.05) is 0 Å². The Bertz CT molecular complexity index is 322. The molecule has 0 radical (unpaired) electrons. The molecule has 0 spiro atoms. The van der Waals surface area contributed by atoms with Crippen LogP contribution in [0.4, 0.5) is 0 Å². The maximum absolute atomic E-state index is 11.0. The van der Waals surface area contributed by atoms with Crippen LogP contribution in [0.25, 0.3) is 0 Å². The van der Waals surface area contributed by atoms with Gasteiger partial charge >= 0.3 is 17.9 Å². The second-order valence-electron chi connectivity index (χ2n) is 3.91. The summed E-state index contributed by atoms with van der Waals surface area (Å²) in [6, 6.07) is 0. The predicted molar refractivity (Wildman–Crippen MR) is 58.4 cm³/mol. The molecule has 0 bridgehead atoms. The van der Waals surface area contributed by atoms with Gasteiger partial charge in [-0.25, -0.2) is 4.79 Å². The number of ether oxygens (including phenoxy) is 1. The van der Waals surface area contributed by atoms with Crippen LogP contribution in [-0.4, -0.2) is 34.7 Å². The fourth-order valence-corrected chi connectivity index (χ4v) is 1.30. The second-order valence-corrected chi connectivity index (χ2v) is 3.91. The molecular formula is C11H16O6. The van der Waals surface area contributed by atoms with E-state index in [0.29, 0.717) is 0 Å². The van der Waals surface area contributed by atoms with Gasteiger partial charge in [0.05, 0.1) is 18.4 Å². The van der Waals surface area contributed by atoms with E-state index in [0.717, 1.165) is 6.08 Å². The number of carboxylic acids is 2. The second kappa shape index (κ2) is 6.67. The van der Waals surface area contributed by atoms with Crippen molar-refractivity contribution in [3.05, 3.63) is 12.7 Å². The molecule has 0 heterocycles. The van der Waals surface area contributed by atoms with Gasteiger partial charge in [-0.2, -0.15) is 0 Å². The monoisotopic (exact) mass is 244 g/mol. The van der Waals surface area contributed by atoms with Crippen molar-refractivity contribution in [1.29, 1.82) is 0 Å². The summed E-state index contributed by atoms with van der Waals surface area (Å²) < 4.78 is 4.67. The number of carbonyl (C=O) groups excluding carboxylic acids is 1. The van der Waals surface area contributed by atoms with Gasteiger partial charge < -0.3 is 14.9 Å². The van der Waals surface area contributed by atoms with Gasteiger partial charge in [0.1, 0.15) is 0 Å². The highest BCUT2D eigenvalue weighted by Gasteiger charge is 2.35. The first-order chi connectivity index (χ1) is 7.81. The van der Waals surface area contributed by atoms with Crippen molar-refractivity contribution in [2.75, 3.05) is 6.61 Å². The van der Waals surface area contributed by atoms with E-state index in [1.54, 1.807) is 0 Å². The number of hydrogen-bond donors (Lipinski definition) is 2. The third-order valence-corrected chi connectivity index (χ3v) is 2.34. The Morgan fingerprint density at radius 1 is 1.35 bits per heavy atom. The number of rotatable bonds is 8. The molecule has 2 N–H and O–H groups in total. The SMILES string of the molecule is C=CC(=O)OCCCC(C)(CC(=O)O)C(=O)O. The fourth-order valence-electron chi connectivity index (χ4n) is 1.30. The number of hydrogen-bond acceptors (Lipinski definition) is 4. The van der Waals surface area contributed by atoms with Gasteiger partial charge in [-0.05, 0) is 19.8 Å². The van der Waals surface area contributed by atoms with E-state index < -0.39 is 29.7 Å². The molecule has 6 heteroatoms. The number of carbonyl (C=O) groups is 3. The zero-order valence-electron chi connectivity index (χ0n) is 9.64.